The minimum absolute atomic E-state index is 0.0434. The van der Waals surface area contributed by atoms with E-state index >= 15 is 0 Å². The predicted octanol–water partition coefficient (Wildman–Crippen LogP) is 3.42. The molecule has 0 heterocycles. The molecule has 0 aromatic heterocycles. The first-order valence-electron chi connectivity index (χ1n) is 4.56. The fourth-order valence-electron chi connectivity index (χ4n) is 1.39. The van der Waals surface area contributed by atoms with Crippen molar-refractivity contribution in [2.75, 3.05) is 0 Å². The summed E-state index contributed by atoms with van der Waals surface area (Å²) in [5.41, 5.74) is 1.44. The molecule has 2 aromatic carbocycles. The van der Waals surface area contributed by atoms with E-state index < -0.39 is 5.82 Å². The first-order chi connectivity index (χ1) is 7.70. The van der Waals surface area contributed by atoms with Crippen LogP contribution in [0.15, 0.2) is 47.4 Å². The van der Waals surface area contributed by atoms with Crippen LogP contribution in [0.3, 0.4) is 0 Å². The summed E-state index contributed by atoms with van der Waals surface area (Å²) in [7, 11) is 0. The van der Waals surface area contributed by atoms with Crippen LogP contribution >= 0.6 is 0 Å². The van der Waals surface area contributed by atoms with Crippen molar-refractivity contribution in [2.45, 2.75) is 4.90 Å². The molecule has 0 bridgehead atoms. The fourth-order valence-corrected chi connectivity index (χ4v) is 1.71. The van der Waals surface area contributed by atoms with Gasteiger partial charge >= 0.3 is 16.6 Å². The Kier molecular flexibility index (Phi) is 3.01. The molecule has 0 atom stereocenters. The van der Waals surface area contributed by atoms with Crippen molar-refractivity contribution in [1.29, 1.82) is 0 Å². The normalized spacial score (nSPS) is 10.1. The van der Waals surface area contributed by atoms with Crippen LogP contribution in [0.1, 0.15) is 0 Å². The second-order valence-electron chi connectivity index (χ2n) is 3.24. The summed E-state index contributed by atoms with van der Waals surface area (Å²) in [6.07, 6.45) is 0. The molecule has 0 amide bonds. The second kappa shape index (κ2) is 4.45. The Morgan fingerprint density at radius 3 is 2.12 bits per heavy atom. The molecule has 80 valence electrons. The van der Waals surface area contributed by atoms with Crippen molar-refractivity contribution in [1.82, 2.24) is 0 Å². The highest BCUT2D eigenvalue weighted by molar-refractivity contribution is 7.65. The van der Waals surface area contributed by atoms with Gasteiger partial charge in [-0.15, -0.1) is 0 Å². The van der Waals surface area contributed by atoms with Crippen LogP contribution in [0.4, 0.5) is 8.78 Å². The topological polar surface area (TPSA) is 17.1 Å². The molecule has 0 N–H and O–H groups in total. The van der Waals surface area contributed by atoms with Crippen molar-refractivity contribution >= 4 is 11.7 Å². The number of hydrogen-bond acceptors (Lipinski definition) is 1. The number of halogens is 2. The van der Waals surface area contributed by atoms with Gasteiger partial charge in [-0.25, -0.2) is 8.78 Å². The lowest BCUT2D eigenvalue weighted by Gasteiger charge is -1.99. The highest BCUT2D eigenvalue weighted by Gasteiger charge is 2.15. The minimum Gasteiger partial charge on any atom is -0.207 e. The van der Waals surface area contributed by atoms with Crippen molar-refractivity contribution < 1.29 is 13.0 Å². The van der Waals surface area contributed by atoms with Gasteiger partial charge in [0.25, 0.3) is 0 Å². The highest BCUT2D eigenvalue weighted by Crippen LogP contribution is 2.22. The molecule has 0 aliphatic rings. The quantitative estimate of drug-likeness (QED) is 0.731. The van der Waals surface area contributed by atoms with Crippen molar-refractivity contribution in [3.05, 3.63) is 54.1 Å². The number of benzene rings is 2. The van der Waals surface area contributed by atoms with E-state index in [-0.39, 0.29) is 22.4 Å². The van der Waals surface area contributed by atoms with Gasteiger partial charge in [0.05, 0.1) is 0 Å². The molecule has 0 saturated heterocycles. The van der Waals surface area contributed by atoms with Crippen molar-refractivity contribution in [3.63, 3.8) is 0 Å². The Balaban J connectivity index is 2.48. The summed E-state index contributed by atoms with van der Waals surface area (Å²) in [4.78, 5) is 0.0434. The van der Waals surface area contributed by atoms with Crippen LogP contribution in [0.5, 0.6) is 0 Å². The third-order valence-corrected chi connectivity index (χ3v) is 2.69. The van der Waals surface area contributed by atoms with Gasteiger partial charge in [0.15, 0.2) is 5.82 Å². The molecule has 0 saturated carbocycles. The summed E-state index contributed by atoms with van der Waals surface area (Å²) >= 11 is 0.108. The van der Waals surface area contributed by atoms with Crippen LogP contribution in [-0.4, -0.2) is 0 Å². The number of hydrogen-bond donors (Lipinski definition) is 0. The SMILES string of the molecule is O=[S+]c1cc(-c2ccc(F)cc2)ccc1F. The monoisotopic (exact) mass is 237 g/mol. The summed E-state index contributed by atoms with van der Waals surface area (Å²) in [5, 5.41) is 0. The fraction of sp³-hybridized carbons (Fsp3) is 0. The third-order valence-electron chi connectivity index (χ3n) is 2.20. The zero-order chi connectivity index (χ0) is 11.5. The van der Waals surface area contributed by atoms with Gasteiger partial charge < -0.3 is 0 Å². The highest BCUT2D eigenvalue weighted by atomic mass is 32.1. The lowest BCUT2D eigenvalue weighted by Crippen LogP contribution is -1.85. The largest absolute Gasteiger partial charge is 0.508 e. The molecule has 2 aromatic rings. The Labute approximate surface area is 95.2 Å². The summed E-state index contributed by atoms with van der Waals surface area (Å²) < 4.78 is 36.4. The molecular formula is C12H7F2OS+. The third kappa shape index (κ3) is 2.12. The maximum Gasteiger partial charge on any atom is 0.508 e. The van der Waals surface area contributed by atoms with Crippen LogP contribution in [0.25, 0.3) is 11.1 Å². The van der Waals surface area contributed by atoms with Gasteiger partial charge in [0.1, 0.15) is 5.82 Å². The van der Waals surface area contributed by atoms with E-state index in [9.17, 15) is 13.0 Å². The van der Waals surface area contributed by atoms with Gasteiger partial charge in [-0.05, 0) is 29.3 Å². The van der Waals surface area contributed by atoms with Crippen molar-refractivity contribution in [3.8, 4) is 11.1 Å². The van der Waals surface area contributed by atoms with Crippen molar-refractivity contribution in [2.24, 2.45) is 0 Å². The maximum atomic E-state index is 13.1. The van der Waals surface area contributed by atoms with E-state index in [0.717, 1.165) is 5.56 Å². The molecular weight excluding hydrogens is 230 g/mol. The summed E-state index contributed by atoms with van der Waals surface area (Å²) in [6.45, 7) is 0. The van der Waals surface area contributed by atoms with Crippen LogP contribution in [0.2, 0.25) is 0 Å². The average Bonchev–Trinajstić information content (AvgIpc) is 2.31. The Hall–Kier alpha value is -1.68. The van der Waals surface area contributed by atoms with E-state index in [4.69, 9.17) is 0 Å². The standard InChI is InChI=1S/C12H7F2OS/c13-10-4-1-8(2-5-10)9-3-6-11(14)12(7-9)16-15/h1-7H/q+1. The van der Waals surface area contributed by atoms with E-state index in [1.165, 1.54) is 24.3 Å². The maximum absolute atomic E-state index is 13.1. The van der Waals surface area contributed by atoms with Gasteiger partial charge in [-0.3, -0.25) is 0 Å². The molecule has 1 nitrogen and oxygen atoms in total. The first kappa shape index (κ1) is 10.8. The predicted molar refractivity (Wildman–Crippen MR) is 58.1 cm³/mol. The lowest BCUT2D eigenvalue weighted by molar-refractivity contribution is 0.582. The second-order valence-corrected chi connectivity index (χ2v) is 3.84. The van der Waals surface area contributed by atoms with Gasteiger partial charge in [-0.2, -0.15) is 0 Å². The van der Waals surface area contributed by atoms with Gasteiger partial charge in [0.2, 0.25) is 0 Å². The van der Waals surface area contributed by atoms with Crippen LogP contribution < -0.4 is 0 Å². The lowest BCUT2D eigenvalue weighted by atomic mass is 10.1. The number of rotatable bonds is 2. The molecule has 4 heteroatoms. The Morgan fingerprint density at radius 2 is 1.50 bits per heavy atom. The van der Waals surface area contributed by atoms with Gasteiger partial charge in [0, 0.05) is 10.3 Å². The van der Waals surface area contributed by atoms with Crippen LogP contribution in [-0.2, 0) is 15.9 Å². The molecule has 0 spiro atoms. The van der Waals surface area contributed by atoms with E-state index in [1.807, 2.05) is 0 Å². The summed E-state index contributed by atoms with van der Waals surface area (Å²) in [5.74, 6) is -0.866. The molecule has 0 unspecified atom stereocenters. The zero-order valence-corrected chi connectivity index (χ0v) is 8.93. The molecule has 2 rings (SSSR count). The molecule has 0 aliphatic carbocycles. The smallest absolute Gasteiger partial charge is 0.207 e. The molecule has 0 aliphatic heterocycles. The Bertz CT molecular complexity index is 523. The van der Waals surface area contributed by atoms with E-state index in [2.05, 4.69) is 0 Å². The van der Waals surface area contributed by atoms with E-state index in [0.29, 0.717) is 5.56 Å². The Morgan fingerprint density at radius 1 is 0.875 bits per heavy atom. The molecule has 0 fully saturated rings. The average molecular weight is 237 g/mol. The van der Waals surface area contributed by atoms with E-state index in [1.54, 1.807) is 18.2 Å². The summed E-state index contributed by atoms with van der Waals surface area (Å²) in [6, 6.07) is 10.1. The molecule has 0 radical (unpaired) electrons. The van der Waals surface area contributed by atoms with Crippen LogP contribution in [0, 0.1) is 11.6 Å². The van der Waals surface area contributed by atoms with Gasteiger partial charge in [-0.1, -0.05) is 18.2 Å². The molecule has 16 heavy (non-hydrogen) atoms. The first-order valence-corrected chi connectivity index (χ1v) is 5.30. The zero-order valence-electron chi connectivity index (χ0n) is 8.11. The minimum atomic E-state index is -0.536.